The van der Waals surface area contributed by atoms with Crippen molar-refractivity contribution in [3.05, 3.63) is 76.7 Å². The zero-order valence-electron chi connectivity index (χ0n) is 20.4. The maximum atomic E-state index is 15.3. The van der Waals surface area contributed by atoms with Gasteiger partial charge in [0.15, 0.2) is 5.69 Å². The average Bonchev–Trinajstić information content (AvgIpc) is 3.51. The lowest BCUT2D eigenvalue weighted by Crippen LogP contribution is -2.47. The summed E-state index contributed by atoms with van der Waals surface area (Å²) in [7, 11) is 0. The van der Waals surface area contributed by atoms with E-state index in [0.29, 0.717) is 22.5 Å². The van der Waals surface area contributed by atoms with E-state index in [9.17, 15) is 14.4 Å². The Morgan fingerprint density at radius 2 is 1.79 bits per heavy atom. The van der Waals surface area contributed by atoms with E-state index in [-0.39, 0.29) is 28.0 Å². The van der Waals surface area contributed by atoms with Gasteiger partial charge in [0.05, 0.1) is 11.4 Å². The first-order valence-electron chi connectivity index (χ1n) is 12.4. The lowest BCUT2D eigenvalue weighted by Gasteiger charge is -2.33. The topological polar surface area (TPSA) is 147 Å². The fraction of sp³-hybridized carbons (Fsp3) is 0.259. The Bertz CT molecular complexity index is 1510. The molecule has 1 aliphatic rings. The lowest BCUT2D eigenvalue weighted by molar-refractivity contribution is -0.123. The van der Waals surface area contributed by atoms with E-state index in [1.54, 1.807) is 12.3 Å². The Balaban J connectivity index is 1.68. The smallest absolute Gasteiger partial charge is 0.273 e. The van der Waals surface area contributed by atoms with Gasteiger partial charge in [-0.15, -0.1) is 0 Å². The van der Waals surface area contributed by atoms with E-state index in [0.717, 1.165) is 42.5 Å². The molecule has 11 heteroatoms. The average molecular weight is 535 g/mol. The molecule has 0 saturated heterocycles. The highest BCUT2D eigenvalue weighted by atomic mass is 32.1. The Morgan fingerprint density at radius 3 is 2.50 bits per heavy atom. The number of hydrogen-bond donors (Lipinski definition) is 4. The van der Waals surface area contributed by atoms with Gasteiger partial charge in [-0.2, -0.15) is 4.37 Å². The number of H-pyrrole nitrogens is 1. The van der Waals surface area contributed by atoms with Gasteiger partial charge in [0.25, 0.3) is 11.8 Å². The molecule has 6 N–H and O–H groups in total. The fourth-order valence-corrected chi connectivity index (χ4v) is 5.74. The van der Waals surface area contributed by atoms with E-state index in [1.807, 2.05) is 24.3 Å². The van der Waals surface area contributed by atoms with Crippen LogP contribution in [0.2, 0.25) is 0 Å². The summed E-state index contributed by atoms with van der Waals surface area (Å²) in [5, 5.41) is 3.81. The van der Waals surface area contributed by atoms with Gasteiger partial charge in [0.2, 0.25) is 5.91 Å². The largest absolute Gasteiger partial charge is 0.395 e. The van der Waals surface area contributed by atoms with Crippen molar-refractivity contribution in [1.82, 2.24) is 14.7 Å². The fourth-order valence-electron chi connectivity index (χ4n) is 5.00. The van der Waals surface area contributed by atoms with Crippen LogP contribution in [-0.2, 0) is 4.79 Å². The molecular formula is C27H27FN6O3S. The number of para-hydroxylation sites is 2. The molecule has 1 saturated carbocycles. The molecule has 1 aliphatic carbocycles. The number of primary amides is 1. The number of hydrogen-bond acceptors (Lipinski definition) is 6. The predicted molar refractivity (Wildman–Crippen MR) is 144 cm³/mol. The number of nitrogens with zero attached hydrogens (tertiary/aromatic N) is 2. The molecule has 2 aromatic carbocycles. The van der Waals surface area contributed by atoms with Crippen molar-refractivity contribution in [3.63, 3.8) is 0 Å². The first-order chi connectivity index (χ1) is 18.4. The van der Waals surface area contributed by atoms with Gasteiger partial charge in [0, 0.05) is 28.7 Å². The number of rotatable bonds is 7. The molecular weight excluding hydrogens is 507 g/mol. The van der Waals surface area contributed by atoms with Crippen LogP contribution in [0.15, 0.2) is 54.7 Å². The number of aromatic amines is 1. The minimum Gasteiger partial charge on any atom is -0.395 e. The summed E-state index contributed by atoms with van der Waals surface area (Å²) in [5.41, 5.74) is 12.1. The zero-order chi connectivity index (χ0) is 26.8. The third-order valence-electron chi connectivity index (χ3n) is 6.86. The molecule has 0 unspecified atom stereocenters. The molecule has 0 bridgehead atoms. The van der Waals surface area contributed by atoms with Gasteiger partial charge in [-0.3, -0.25) is 19.3 Å². The molecule has 1 fully saturated rings. The summed E-state index contributed by atoms with van der Waals surface area (Å²) in [4.78, 5) is 44.1. The summed E-state index contributed by atoms with van der Waals surface area (Å²) in [6, 6.07) is 11.8. The van der Waals surface area contributed by atoms with Crippen LogP contribution in [0.4, 0.5) is 15.8 Å². The molecule has 0 radical (unpaired) electrons. The second kappa shape index (κ2) is 10.6. The van der Waals surface area contributed by atoms with Crippen LogP contribution in [0.5, 0.6) is 0 Å². The standard InChI is InChI=1S/C27H27FN6O3S/c28-18-11-5-7-13-20(18)34(27(37)24-21(29)22(25(30)35)33-38-24)23(26(36)32-15-8-2-1-3-9-15)17-14-31-19-12-6-4-10-16(17)19/h4-7,10-15,23,31H,1-3,8-9,29H2,(H2,30,35)(H,32,36)/t23-/m0/s1. The number of carbonyl (C=O) groups excluding carboxylic acids is 3. The lowest BCUT2D eigenvalue weighted by atomic mass is 9.94. The number of carbonyl (C=O) groups is 3. The number of nitrogens with two attached hydrogens (primary N) is 2. The van der Waals surface area contributed by atoms with Crippen molar-refractivity contribution < 1.29 is 18.8 Å². The highest BCUT2D eigenvalue weighted by Crippen LogP contribution is 2.37. The number of halogens is 1. The number of fused-ring (bicyclic) bond motifs is 1. The molecule has 0 aliphatic heterocycles. The molecule has 2 heterocycles. The summed E-state index contributed by atoms with van der Waals surface area (Å²) >= 11 is 0.678. The van der Waals surface area contributed by atoms with Crippen LogP contribution in [0.1, 0.15) is 63.9 Å². The molecule has 1 atom stereocenters. The monoisotopic (exact) mass is 534 g/mol. The Labute approximate surface area is 222 Å². The second-order valence-electron chi connectivity index (χ2n) is 9.30. The van der Waals surface area contributed by atoms with Crippen LogP contribution < -0.4 is 21.7 Å². The van der Waals surface area contributed by atoms with E-state index in [4.69, 9.17) is 11.5 Å². The summed E-state index contributed by atoms with van der Waals surface area (Å²) < 4.78 is 19.3. The van der Waals surface area contributed by atoms with Crippen molar-refractivity contribution in [2.75, 3.05) is 10.6 Å². The Morgan fingerprint density at radius 1 is 1.08 bits per heavy atom. The predicted octanol–water partition coefficient (Wildman–Crippen LogP) is 4.28. The van der Waals surface area contributed by atoms with Crippen LogP contribution >= 0.6 is 11.5 Å². The highest BCUT2D eigenvalue weighted by Gasteiger charge is 2.39. The summed E-state index contributed by atoms with van der Waals surface area (Å²) in [6.45, 7) is 0. The third kappa shape index (κ3) is 4.72. The molecule has 5 rings (SSSR count). The number of benzene rings is 2. The number of nitrogen functional groups attached to an aromatic ring is 1. The molecule has 3 amide bonds. The Hall–Kier alpha value is -4.25. The van der Waals surface area contributed by atoms with Gasteiger partial charge in [-0.1, -0.05) is 49.6 Å². The first kappa shape index (κ1) is 25.4. The molecule has 196 valence electrons. The quantitative estimate of drug-likeness (QED) is 0.279. The van der Waals surface area contributed by atoms with E-state index in [1.165, 1.54) is 18.2 Å². The second-order valence-corrected chi connectivity index (χ2v) is 10.1. The van der Waals surface area contributed by atoms with E-state index in [2.05, 4.69) is 14.7 Å². The SMILES string of the molecule is NC(=O)c1nsc(C(=O)N(c2ccccc2F)[C@H](C(=O)NC2CCCCC2)c2c[nH]c3ccccc23)c1N. The van der Waals surface area contributed by atoms with Crippen LogP contribution in [-0.4, -0.2) is 33.1 Å². The first-order valence-corrected chi connectivity index (χ1v) is 13.1. The molecule has 2 aromatic heterocycles. The number of aromatic nitrogens is 2. The van der Waals surface area contributed by atoms with E-state index < -0.39 is 29.6 Å². The molecule has 38 heavy (non-hydrogen) atoms. The van der Waals surface area contributed by atoms with Gasteiger partial charge in [-0.25, -0.2) is 4.39 Å². The minimum atomic E-state index is -1.25. The van der Waals surface area contributed by atoms with Crippen molar-refractivity contribution in [3.8, 4) is 0 Å². The van der Waals surface area contributed by atoms with Gasteiger partial charge >= 0.3 is 0 Å². The number of anilines is 2. The van der Waals surface area contributed by atoms with Crippen molar-refractivity contribution in [2.45, 2.75) is 44.2 Å². The maximum absolute atomic E-state index is 15.3. The summed E-state index contributed by atoms with van der Waals surface area (Å²) in [5.74, 6) is -2.81. The van der Waals surface area contributed by atoms with Crippen LogP contribution in [0.3, 0.4) is 0 Å². The van der Waals surface area contributed by atoms with Crippen LogP contribution in [0, 0.1) is 5.82 Å². The highest BCUT2D eigenvalue weighted by molar-refractivity contribution is 7.09. The molecule has 0 spiro atoms. The van der Waals surface area contributed by atoms with Crippen molar-refractivity contribution >= 4 is 51.5 Å². The zero-order valence-corrected chi connectivity index (χ0v) is 21.3. The van der Waals surface area contributed by atoms with Crippen molar-refractivity contribution in [2.24, 2.45) is 5.73 Å². The van der Waals surface area contributed by atoms with Gasteiger partial charge < -0.3 is 21.8 Å². The third-order valence-corrected chi connectivity index (χ3v) is 7.71. The summed E-state index contributed by atoms with van der Waals surface area (Å²) in [6.07, 6.45) is 6.39. The molecule has 4 aromatic rings. The number of nitrogens with one attached hydrogen (secondary N) is 2. The van der Waals surface area contributed by atoms with Gasteiger partial charge in [-0.05, 0) is 42.6 Å². The van der Waals surface area contributed by atoms with E-state index >= 15 is 4.39 Å². The molecule has 9 nitrogen and oxygen atoms in total. The van der Waals surface area contributed by atoms with Gasteiger partial charge in [0.1, 0.15) is 16.7 Å². The number of amides is 3. The van der Waals surface area contributed by atoms with Crippen molar-refractivity contribution in [1.29, 1.82) is 0 Å². The maximum Gasteiger partial charge on any atom is 0.273 e. The minimum absolute atomic E-state index is 0.0588. The Kier molecular flexibility index (Phi) is 7.10. The van der Waals surface area contributed by atoms with Crippen LogP contribution in [0.25, 0.3) is 10.9 Å². The normalized spacial score (nSPS) is 14.8.